The second-order valence-corrected chi connectivity index (χ2v) is 5.24. The summed E-state index contributed by atoms with van der Waals surface area (Å²) in [5, 5.41) is 9.47. The number of nitrogens with one attached hydrogen (secondary N) is 1. The van der Waals surface area contributed by atoms with Crippen LogP contribution >= 0.6 is 0 Å². The lowest BCUT2D eigenvalue weighted by Crippen LogP contribution is -2.19. The fourth-order valence-electron chi connectivity index (χ4n) is 2.85. The molecule has 1 unspecified atom stereocenters. The van der Waals surface area contributed by atoms with Gasteiger partial charge < -0.3 is 5.32 Å². The maximum absolute atomic E-state index is 4.80. The highest BCUT2D eigenvalue weighted by Gasteiger charge is 2.15. The van der Waals surface area contributed by atoms with E-state index < -0.39 is 0 Å². The molecule has 108 valence electrons. The van der Waals surface area contributed by atoms with Crippen molar-refractivity contribution in [3.63, 3.8) is 0 Å². The third-order valence-corrected chi connectivity index (χ3v) is 3.98. The molecule has 2 aromatic carbocycles. The summed E-state index contributed by atoms with van der Waals surface area (Å²) in [7, 11) is 2.01. The van der Waals surface area contributed by atoms with Crippen LogP contribution in [0.3, 0.4) is 0 Å². The molecule has 0 spiro atoms. The summed E-state index contributed by atoms with van der Waals surface area (Å²) < 4.78 is 2.09. The van der Waals surface area contributed by atoms with Crippen LogP contribution in [0, 0.1) is 0 Å². The first-order valence-electron chi connectivity index (χ1n) is 7.50. The molecule has 3 heteroatoms. The van der Waals surface area contributed by atoms with Gasteiger partial charge in [0.25, 0.3) is 0 Å². The lowest BCUT2D eigenvalue weighted by Gasteiger charge is -2.15. The van der Waals surface area contributed by atoms with E-state index in [0.717, 1.165) is 18.7 Å². The number of para-hydroxylation sites is 1. The minimum atomic E-state index is 0.287. The van der Waals surface area contributed by atoms with Crippen LogP contribution in [0.5, 0.6) is 0 Å². The highest BCUT2D eigenvalue weighted by atomic mass is 15.3. The summed E-state index contributed by atoms with van der Waals surface area (Å²) in [5.41, 5.74) is 3.68. The van der Waals surface area contributed by atoms with Gasteiger partial charge in [-0.05, 0) is 25.6 Å². The van der Waals surface area contributed by atoms with Gasteiger partial charge in [-0.1, -0.05) is 48.5 Å². The van der Waals surface area contributed by atoms with Crippen LogP contribution < -0.4 is 5.32 Å². The van der Waals surface area contributed by atoms with Crippen LogP contribution in [-0.2, 0) is 13.0 Å². The average molecular weight is 279 g/mol. The quantitative estimate of drug-likeness (QED) is 0.774. The van der Waals surface area contributed by atoms with Crippen molar-refractivity contribution in [2.75, 3.05) is 7.05 Å². The monoisotopic (exact) mass is 279 g/mol. The zero-order chi connectivity index (χ0) is 14.7. The fourth-order valence-corrected chi connectivity index (χ4v) is 2.85. The van der Waals surface area contributed by atoms with E-state index in [1.165, 1.54) is 16.5 Å². The Labute approximate surface area is 125 Å². The number of hydrogen-bond donors (Lipinski definition) is 1. The zero-order valence-corrected chi connectivity index (χ0v) is 12.6. The molecule has 0 aliphatic heterocycles. The first kappa shape index (κ1) is 13.8. The molecule has 0 saturated carbocycles. The van der Waals surface area contributed by atoms with E-state index in [4.69, 9.17) is 5.10 Å². The fraction of sp³-hybridized carbons (Fsp3) is 0.278. The topological polar surface area (TPSA) is 29.9 Å². The Bertz CT molecular complexity index is 716. The van der Waals surface area contributed by atoms with Gasteiger partial charge in [0.2, 0.25) is 0 Å². The molecule has 0 fully saturated rings. The highest BCUT2D eigenvalue weighted by molar-refractivity contribution is 5.82. The van der Waals surface area contributed by atoms with E-state index in [9.17, 15) is 0 Å². The van der Waals surface area contributed by atoms with Crippen molar-refractivity contribution in [1.82, 2.24) is 15.1 Å². The number of aromatic nitrogens is 2. The molecule has 3 rings (SSSR count). The second kappa shape index (κ2) is 6.10. The third kappa shape index (κ3) is 2.69. The van der Waals surface area contributed by atoms with Gasteiger partial charge in [0.1, 0.15) is 0 Å². The first-order valence-corrected chi connectivity index (χ1v) is 7.50. The van der Waals surface area contributed by atoms with Crippen LogP contribution in [-0.4, -0.2) is 16.8 Å². The van der Waals surface area contributed by atoms with Crippen LogP contribution in [0.2, 0.25) is 0 Å². The van der Waals surface area contributed by atoms with Gasteiger partial charge in [0.05, 0.1) is 11.2 Å². The van der Waals surface area contributed by atoms with Crippen molar-refractivity contribution < 1.29 is 0 Å². The molecule has 1 N–H and O–H groups in total. The minimum absolute atomic E-state index is 0.287. The third-order valence-electron chi connectivity index (χ3n) is 3.98. The molecule has 1 heterocycles. The molecular formula is C18H21N3. The molecule has 3 aromatic rings. The molecule has 0 amide bonds. The predicted octanol–water partition coefficient (Wildman–Crippen LogP) is 3.56. The highest BCUT2D eigenvalue weighted by Crippen LogP contribution is 2.24. The van der Waals surface area contributed by atoms with Crippen molar-refractivity contribution in [2.45, 2.75) is 25.9 Å². The smallest absolute Gasteiger partial charge is 0.0722 e. The maximum Gasteiger partial charge on any atom is 0.0722 e. The normalized spacial score (nSPS) is 12.7. The maximum atomic E-state index is 4.80. The van der Waals surface area contributed by atoms with Gasteiger partial charge in [-0.2, -0.15) is 5.10 Å². The first-order chi connectivity index (χ1) is 10.3. The summed E-state index contributed by atoms with van der Waals surface area (Å²) in [5.74, 6) is 0. The van der Waals surface area contributed by atoms with Crippen LogP contribution in [0.25, 0.3) is 10.9 Å². The molecule has 0 aliphatic carbocycles. The van der Waals surface area contributed by atoms with E-state index in [2.05, 4.69) is 71.5 Å². The number of benzene rings is 2. The van der Waals surface area contributed by atoms with E-state index in [-0.39, 0.29) is 6.04 Å². The van der Waals surface area contributed by atoms with Gasteiger partial charge in [0.15, 0.2) is 0 Å². The lowest BCUT2D eigenvalue weighted by atomic mass is 10.0. The number of rotatable bonds is 5. The molecule has 1 aromatic heterocycles. The van der Waals surface area contributed by atoms with Crippen LogP contribution in [0.15, 0.2) is 54.6 Å². The number of aryl methyl sites for hydroxylation is 1. The van der Waals surface area contributed by atoms with E-state index in [0.29, 0.717) is 0 Å². The molecule has 0 radical (unpaired) electrons. The van der Waals surface area contributed by atoms with Gasteiger partial charge in [0, 0.05) is 24.4 Å². The number of nitrogens with zero attached hydrogens (tertiary/aromatic N) is 2. The predicted molar refractivity (Wildman–Crippen MR) is 87.4 cm³/mol. The molecule has 3 nitrogen and oxygen atoms in total. The molecule has 0 saturated heterocycles. The van der Waals surface area contributed by atoms with Crippen LogP contribution in [0.1, 0.15) is 24.2 Å². The molecule has 1 atom stereocenters. The van der Waals surface area contributed by atoms with Gasteiger partial charge in [-0.15, -0.1) is 0 Å². The van der Waals surface area contributed by atoms with Crippen molar-refractivity contribution in [1.29, 1.82) is 0 Å². The summed E-state index contributed by atoms with van der Waals surface area (Å²) in [6, 6.07) is 19.3. The number of fused-ring (bicyclic) bond motifs is 1. The number of likely N-dealkylation sites (N-methyl/N-ethyl adjacent to an activating group) is 1. The largest absolute Gasteiger partial charge is 0.313 e. The number of hydrogen-bond acceptors (Lipinski definition) is 2. The van der Waals surface area contributed by atoms with E-state index in [1.807, 2.05) is 7.05 Å². The van der Waals surface area contributed by atoms with Gasteiger partial charge in [-0.3, -0.25) is 4.68 Å². The molecule has 21 heavy (non-hydrogen) atoms. The second-order valence-electron chi connectivity index (χ2n) is 5.24. The van der Waals surface area contributed by atoms with E-state index in [1.54, 1.807) is 0 Å². The SMILES string of the molecule is CCn1nc(CC(NC)c2ccccc2)c2ccccc21. The Kier molecular flexibility index (Phi) is 4.02. The van der Waals surface area contributed by atoms with Crippen molar-refractivity contribution in [3.05, 3.63) is 65.9 Å². The summed E-state index contributed by atoms with van der Waals surface area (Å²) in [4.78, 5) is 0. The Morgan fingerprint density at radius 3 is 2.48 bits per heavy atom. The summed E-state index contributed by atoms with van der Waals surface area (Å²) in [6.07, 6.45) is 0.897. The molecule has 0 aliphatic rings. The van der Waals surface area contributed by atoms with Crippen LogP contribution in [0.4, 0.5) is 0 Å². The van der Waals surface area contributed by atoms with Gasteiger partial charge in [-0.25, -0.2) is 0 Å². The molecular weight excluding hydrogens is 258 g/mol. The van der Waals surface area contributed by atoms with E-state index >= 15 is 0 Å². The summed E-state index contributed by atoms with van der Waals surface area (Å²) in [6.45, 7) is 3.03. The Morgan fingerprint density at radius 1 is 1.05 bits per heavy atom. The van der Waals surface area contributed by atoms with Gasteiger partial charge >= 0.3 is 0 Å². The zero-order valence-electron chi connectivity index (χ0n) is 12.6. The van der Waals surface area contributed by atoms with Crippen molar-refractivity contribution in [3.8, 4) is 0 Å². The van der Waals surface area contributed by atoms with Crippen molar-refractivity contribution >= 4 is 10.9 Å². The summed E-state index contributed by atoms with van der Waals surface area (Å²) >= 11 is 0. The standard InChI is InChI=1S/C18H21N3/c1-3-21-18-12-8-7-11-15(18)17(20-21)13-16(19-2)14-9-5-4-6-10-14/h4-12,16,19H,3,13H2,1-2H3. The Balaban J connectivity index is 1.97. The Morgan fingerprint density at radius 2 is 1.76 bits per heavy atom. The lowest BCUT2D eigenvalue weighted by molar-refractivity contribution is 0.573. The Hall–Kier alpha value is -2.13. The minimum Gasteiger partial charge on any atom is -0.313 e. The van der Waals surface area contributed by atoms with Crippen molar-refractivity contribution in [2.24, 2.45) is 0 Å². The molecule has 0 bridgehead atoms. The average Bonchev–Trinajstić information content (AvgIpc) is 2.91.